The number of halogens is 2. The van der Waals surface area contributed by atoms with Crippen molar-refractivity contribution in [2.75, 3.05) is 33.2 Å². The van der Waals surface area contributed by atoms with Gasteiger partial charge in [-0.05, 0) is 50.0 Å². The fourth-order valence-corrected chi connectivity index (χ4v) is 2.92. The zero-order valence-electron chi connectivity index (χ0n) is 14.8. The van der Waals surface area contributed by atoms with E-state index < -0.39 is 0 Å². The van der Waals surface area contributed by atoms with Gasteiger partial charge in [-0.2, -0.15) is 0 Å². The Hall–Kier alpha value is -0.890. The number of hydrogen-bond donors (Lipinski definition) is 2. The zero-order chi connectivity index (χ0) is 16.5. The third-order valence-corrected chi connectivity index (χ3v) is 4.33. The summed E-state index contributed by atoms with van der Waals surface area (Å²) in [7, 11) is 1.77. The maximum absolute atomic E-state index is 13.3. The van der Waals surface area contributed by atoms with Gasteiger partial charge in [0, 0.05) is 26.7 Å². The van der Waals surface area contributed by atoms with Crippen molar-refractivity contribution in [2.24, 2.45) is 4.99 Å². The summed E-state index contributed by atoms with van der Waals surface area (Å²) in [6.45, 7) is 6.79. The van der Waals surface area contributed by atoms with Gasteiger partial charge in [-0.25, -0.2) is 4.39 Å². The predicted molar refractivity (Wildman–Crippen MR) is 110 cm³/mol. The largest absolute Gasteiger partial charge is 0.355 e. The van der Waals surface area contributed by atoms with Crippen LogP contribution >= 0.6 is 24.0 Å². The van der Waals surface area contributed by atoms with Gasteiger partial charge in [0.25, 0.3) is 0 Å². The van der Waals surface area contributed by atoms with E-state index in [0.717, 1.165) is 24.6 Å². The van der Waals surface area contributed by atoms with E-state index in [-0.39, 0.29) is 29.8 Å². The molecule has 2 rings (SSSR count). The van der Waals surface area contributed by atoms with E-state index in [1.165, 1.54) is 44.8 Å². The summed E-state index contributed by atoms with van der Waals surface area (Å²) in [5.74, 6) is 0.635. The van der Waals surface area contributed by atoms with Gasteiger partial charge >= 0.3 is 0 Å². The van der Waals surface area contributed by atoms with Gasteiger partial charge in [-0.3, -0.25) is 4.99 Å². The van der Waals surface area contributed by atoms with Crippen LogP contribution in [0, 0.1) is 12.7 Å². The van der Waals surface area contributed by atoms with E-state index in [2.05, 4.69) is 20.5 Å². The molecule has 1 aromatic carbocycles. The third-order valence-electron chi connectivity index (χ3n) is 4.33. The summed E-state index contributed by atoms with van der Waals surface area (Å²) in [4.78, 5) is 6.77. The van der Waals surface area contributed by atoms with Crippen LogP contribution in [-0.4, -0.2) is 44.1 Å². The minimum Gasteiger partial charge on any atom is -0.355 e. The number of benzene rings is 1. The van der Waals surface area contributed by atoms with Gasteiger partial charge in [0.05, 0.1) is 0 Å². The Balaban J connectivity index is 0.00000288. The molecule has 1 aliphatic rings. The highest BCUT2D eigenvalue weighted by molar-refractivity contribution is 14.0. The topological polar surface area (TPSA) is 39.7 Å². The summed E-state index contributed by atoms with van der Waals surface area (Å²) < 4.78 is 13.3. The molecule has 1 fully saturated rings. The first-order chi connectivity index (χ1) is 11.2. The van der Waals surface area contributed by atoms with Gasteiger partial charge < -0.3 is 15.5 Å². The fourth-order valence-electron chi connectivity index (χ4n) is 2.92. The number of likely N-dealkylation sites (tertiary alicyclic amines) is 1. The Labute approximate surface area is 162 Å². The zero-order valence-corrected chi connectivity index (χ0v) is 17.1. The van der Waals surface area contributed by atoms with Gasteiger partial charge in [0.1, 0.15) is 5.82 Å². The number of nitrogens with one attached hydrogen (secondary N) is 2. The summed E-state index contributed by atoms with van der Waals surface area (Å²) >= 11 is 0. The molecule has 1 heterocycles. The second kappa shape index (κ2) is 11.6. The molecule has 4 nitrogen and oxygen atoms in total. The molecule has 0 radical (unpaired) electrons. The van der Waals surface area contributed by atoms with E-state index in [9.17, 15) is 4.39 Å². The van der Waals surface area contributed by atoms with Crippen LogP contribution in [0.2, 0.25) is 0 Å². The van der Waals surface area contributed by atoms with Crippen LogP contribution in [0.3, 0.4) is 0 Å². The van der Waals surface area contributed by atoms with Crippen molar-refractivity contribution < 1.29 is 4.39 Å². The average Bonchev–Trinajstić information content (AvgIpc) is 2.82. The highest BCUT2D eigenvalue weighted by Crippen LogP contribution is 2.09. The molecule has 0 amide bonds. The van der Waals surface area contributed by atoms with Crippen molar-refractivity contribution in [2.45, 2.75) is 39.2 Å². The number of hydrogen-bond acceptors (Lipinski definition) is 2. The quantitative estimate of drug-likeness (QED) is 0.413. The Kier molecular flexibility index (Phi) is 10.2. The van der Waals surface area contributed by atoms with Crippen molar-refractivity contribution in [1.29, 1.82) is 0 Å². The van der Waals surface area contributed by atoms with Crippen molar-refractivity contribution in [1.82, 2.24) is 15.5 Å². The number of guanidine groups is 1. The Morgan fingerprint density at radius 3 is 2.50 bits per heavy atom. The Morgan fingerprint density at radius 2 is 1.88 bits per heavy atom. The van der Waals surface area contributed by atoms with Crippen LogP contribution < -0.4 is 10.6 Å². The molecular weight excluding hydrogens is 418 g/mol. The highest BCUT2D eigenvalue weighted by Gasteiger charge is 2.08. The van der Waals surface area contributed by atoms with E-state index >= 15 is 0 Å². The first-order valence-corrected chi connectivity index (χ1v) is 8.61. The molecule has 0 atom stereocenters. The van der Waals surface area contributed by atoms with E-state index in [1.807, 2.05) is 6.07 Å². The minimum atomic E-state index is -0.159. The minimum absolute atomic E-state index is 0. The third kappa shape index (κ3) is 7.34. The number of aryl methyl sites for hydroxylation is 1. The Morgan fingerprint density at radius 1 is 1.17 bits per heavy atom. The molecule has 0 aromatic heterocycles. The molecule has 6 heteroatoms. The molecule has 2 N–H and O–H groups in total. The first kappa shape index (κ1) is 21.2. The second-order valence-electron chi connectivity index (χ2n) is 6.19. The molecule has 0 saturated carbocycles. The Bertz CT molecular complexity index is 514. The van der Waals surface area contributed by atoms with Crippen LogP contribution in [0.15, 0.2) is 23.2 Å². The van der Waals surface area contributed by atoms with Gasteiger partial charge in [0.15, 0.2) is 5.96 Å². The molecule has 0 bridgehead atoms. The molecule has 24 heavy (non-hydrogen) atoms. The number of nitrogens with zero attached hydrogens (tertiary/aromatic N) is 2. The van der Waals surface area contributed by atoms with Crippen LogP contribution in [0.1, 0.15) is 36.8 Å². The fraction of sp³-hybridized carbons (Fsp3) is 0.611. The van der Waals surface area contributed by atoms with Crippen molar-refractivity contribution in [3.63, 3.8) is 0 Å². The van der Waals surface area contributed by atoms with E-state index in [1.54, 1.807) is 20.0 Å². The lowest BCUT2D eigenvalue weighted by molar-refractivity contribution is 0.289. The first-order valence-electron chi connectivity index (χ1n) is 8.61. The molecule has 0 spiro atoms. The average molecular weight is 448 g/mol. The molecular formula is C18H30FIN4. The van der Waals surface area contributed by atoms with Crippen LogP contribution in [0.4, 0.5) is 4.39 Å². The van der Waals surface area contributed by atoms with Crippen molar-refractivity contribution in [3.8, 4) is 0 Å². The molecule has 0 aliphatic carbocycles. The van der Waals surface area contributed by atoms with Gasteiger partial charge in [-0.15, -0.1) is 24.0 Å². The lowest BCUT2D eigenvalue weighted by Crippen LogP contribution is -2.41. The van der Waals surface area contributed by atoms with Crippen LogP contribution in [-0.2, 0) is 6.54 Å². The number of aliphatic imine (C=N–C) groups is 1. The maximum Gasteiger partial charge on any atom is 0.191 e. The van der Waals surface area contributed by atoms with Crippen LogP contribution in [0.25, 0.3) is 0 Å². The van der Waals surface area contributed by atoms with Crippen molar-refractivity contribution in [3.05, 3.63) is 35.1 Å². The highest BCUT2D eigenvalue weighted by atomic mass is 127. The lowest BCUT2D eigenvalue weighted by atomic mass is 10.1. The predicted octanol–water partition coefficient (Wildman–Crippen LogP) is 3.29. The second-order valence-corrected chi connectivity index (χ2v) is 6.19. The van der Waals surface area contributed by atoms with E-state index in [0.29, 0.717) is 12.1 Å². The van der Waals surface area contributed by atoms with Gasteiger partial charge in [0.2, 0.25) is 0 Å². The molecule has 1 aromatic rings. The lowest BCUT2D eigenvalue weighted by Gasteiger charge is -2.20. The summed E-state index contributed by atoms with van der Waals surface area (Å²) in [5.41, 5.74) is 1.73. The summed E-state index contributed by atoms with van der Waals surface area (Å²) in [6, 6.07) is 5.19. The smallest absolute Gasteiger partial charge is 0.191 e. The molecule has 1 aliphatic heterocycles. The molecule has 1 saturated heterocycles. The van der Waals surface area contributed by atoms with Crippen molar-refractivity contribution >= 4 is 29.9 Å². The summed E-state index contributed by atoms with van der Waals surface area (Å²) in [5, 5.41) is 6.64. The SMILES string of the molecule is CN=C(NCCN1CCCCCC1)NCc1ccc(F)c(C)c1.I. The molecule has 136 valence electrons. The normalized spacial score (nSPS) is 16.2. The summed E-state index contributed by atoms with van der Waals surface area (Å²) in [6.07, 6.45) is 5.36. The number of rotatable bonds is 5. The maximum atomic E-state index is 13.3. The van der Waals surface area contributed by atoms with Gasteiger partial charge in [-0.1, -0.05) is 25.0 Å². The molecule has 0 unspecified atom stereocenters. The monoisotopic (exact) mass is 448 g/mol. The van der Waals surface area contributed by atoms with Crippen LogP contribution in [0.5, 0.6) is 0 Å². The van der Waals surface area contributed by atoms with E-state index in [4.69, 9.17) is 0 Å². The standard InChI is InChI=1S/C18H29FN4.HI/c1-15-13-16(7-8-17(15)19)14-22-18(20-2)21-9-12-23-10-5-3-4-6-11-23;/h7-8,13H,3-6,9-12,14H2,1-2H3,(H2,20,21,22);1H.